The van der Waals surface area contributed by atoms with Gasteiger partial charge in [0.05, 0.1) is 44.4 Å². The Morgan fingerprint density at radius 3 is 2.80 bits per heavy atom. The van der Waals surface area contributed by atoms with E-state index in [4.69, 9.17) is 9.47 Å². The Morgan fingerprint density at radius 1 is 1.37 bits per heavy atom. The molecule has 0 unspecified atom stereocenters. The summed E-state index contributed by atoms with van der Waals surface area (Å²) in [7, 11) is 3.29. The van der Waals surface area contributed by atoms with Gasteiger partial charge in [0.25, 0.3) is 0 Å². The molecule has 0 saturated heterocycles. The summed E-state index contributed by atoms with van der Waals surface area (Å²) in [6.45, 7) is 5.26. The number of amides is 3. The molecule has 1 aliphatic rings. The molecule has 3 amide bonds. The van der Waals surface area contributed by atoms with Gasteiger partial charge >= 0.3 is 6.03 Å². The lowest BCUT2D eigenvalue weighted by Crippen LogP contribution is -2.48. The van der Waals surface area contributed by atoms with Crippen molar-refractivity contribution in [2.24, 2.45) is 5.92 Å². The summed E-state index contributed by atoms with van der Waals surface area (Å²) in [4.78, 5) is 29.1. The Labute approximate surface area is 206 Å². The number of nitrogens with zero attached hydrogens (tertiary/aromatic N) is 5. The number of aliphatic hydroxyl groups is 1. The van der Waals surface area contributed by atoms with Crippen LogP contribution in [0.25, 0.3) is 0 Å². The van der Waals surface area contributed by atoms with Gasteiger partial charge in [0.1, 0.15) is 5.75 Å². The minimum atomic E-state index is -0.370. The molecule has 2 aromatic rings. The molecule has 1 aliphatic heterocycles. The fraction of sp³-hybridized carbons (Fsp3) is 0.583. The normalized spacial score (nSPS) is 20.3. The van der Waals surface area contributed by atoms with Crippen molar-refractivity contribution in [1.29, 1.82) is 0 Å². The Balaban J connectivity index is 1.74. The number of benzene rings is 1. The molecule has 0 radical (unpaired) electrons. The number of aryl methyl sites for hydroxylation is 1. The number of likely N-dealkylation sites (N-methyl/N-ethyl adjacent to an activating group) is 1. The van der Waals surface area contributed by atoms with Crippen LogP contribution in [0.1, 0.15) is 32.4 Å². The van der Waals surface area contributed by atoms with E-state index in [1.54, 1.807) is 59.1 Å². The number of carbonyl (C=O) groups excluding carboxylic acids is 2. The maximum absolute atomic E-state index is 13.0. The fourth-order valence-corrected chi connectivity index (χ4v) is 3.99. The van der Waals surface area contributed by atoms with Crippen LogP contribution in [0.4, 0.5) is 10.5 Å². The average molecular weight is 489 g/mol. The number of fused-ring (bicyclic) bond motifs is 1. The lowest BCUT2D eigenvalue weighted by Gasteiger charge is -2.35. The predicted octanol–water partition coefficient (Wildman–Crippen LogP) is 1.98. The molecule has 192 valence electrons. The van der Waals surface area contributed by atoms with Gasteiger partial charge in [-0.1, -0.05) is 12.1 Å². The van der Waals surface area contributed by atoms with E-state index < -0.39 is 0 Å². The number of aliphatic hydroxyl groups excluding tert-OH is 1. The quantitative estimate of drug-likeness (QED) is 0.637. The number of methoxy groups -OCH3 is 1. The molecule has 3 rings (SSSR count). The number of ether oxygens (including phenoxy) is 2. The summed E-state index contributed by atoms with van der Waals surface area (Å²) in [5.74, 6) is 0.578. The summed E-state index contributed by atoms with van der Waals surface area (Å²) in [5, 5.41) is 20.7. The van der Waals surface area contributed by atoms with Crippen molar-refractivity contribution in [2.45, 2.75) is 52.0 Å². The zero-order chi connectivity index (χ0) is 25.4. The fourth-order valence-electron chi connectivity index (χ4n) is 3.99. The Morgan fingerprint density at radius 2 is 2.11 bits per heavy atom. The van der Waals surface area contributed by atoms with Gasteiger partial charge in [-0.15, -0.1) is 5.10 Å². The first-order valence-corrected chi connectivity index (χ1v) is 11.9. The number of urea groups is 1. The van der Waals surface area contributed by atoms with Crippen LogP contribution in [0, 0.1) is 5.92 Å². The van der Waals surface area contributed by atoms with Gasteiger partial charge in [0, 0.05) is 44.7 Å². The molecule has 3 atom stereocenters. The third-order valence-corrected chi connectivity index (χ3v) is 6.28. The number of carbonyl (C=O) groups is 2. The highest BCUT2D eigenvalue weighted by atomic mass is 16.5. The lowest BCUT2D eigenvalue weighted by atomic mass is 10.0. The smallest absolute Gasteiger partial charge is 0.321 e. The number of anilines is 1. The number of aromatic nitrogens is 3. The van der Waals surface area contributed by atoms with Crippen molar-refractivity contribution in [3.63, 3.8) is 0 Å². The third kappa shape index (κ3) is 7.15. The van der Waals surface area contributed by atoms with Crippen molar-refractivity contribution in [3.05, 3.63) is 36.2 Å². The summed E-state index contributed by atoms with van der Waals surface area (Å²) in [5.41, 5.74) is 1.47. The molecule has 0 fully saturated rings. The van der Waals surface area contributed by atoms with Crippen molar-refractivity contribution >= 4 is 17.6 Å². The number of hydrogen-bond donors (Lipinski definition) is 2. The van der Waals surface area contributed by atoms with Gasteiger partial charge in [-0.25, -0.2) is 9.48 Å². The molecular weight excluding hydrogens is 452 g/mol. The van der Waals surface area contributed by atoms with Crippen molar-refractivity contribution in [1.82, 2.24) is 24.8 Å². The maximum Gasteiger partial charge on any atom is 0.321 e. The molecule has 1 aromatic heterocycles. The summed E-state index contributed by atoms with van der Waals surface area (Å²) >= 11 is 0. The minimum Gasteiger partial charge on any atom is -0.497 e. The molecule has 1 aromatic carbocycles. The monoisotopic (exact) mass is 488 g/mol. The maximum atomic E-state index is 13.0. The van der Waals surface area contributed by atoms with Crippen molar-refractivity contribution < 1.29 is 24.2 Å². The molecule has 35 heavy (non-hydrogen) atoms. The van der Waals surface area contributed by atoms with Gasteiger partial charge in [-0.2, -0.15) is 0 Å². The van der Waals surface area contributed by atoms with Gasteiger partial charge in [0.15, 0.2) is 0 Å². The minimum absolute atomic E-state index is 0.0232. The zero-order valence-corrected chi connectivity index (χ0v) is 20.9. The standard InChI is InChI=1S/C24H36N6O5/c1-17-13-29(18(2)15-31)23(32)6-5-11-30-20(12-25-27-30)16-35-22(17)14-28(3)24(33)26-19-7-9-21(34-4)10-8-19/h7-10,12,17-18,22,31H,5-6,11,13-16H2,1-4H3,(H,26,33)/t17-,18-,22-/m0/s1. The van der Waals surface area contributed by atoms with Gasteiger partial charge in [0.2, 0.25) is 5.91 Å². The highest BCUT2D eigenvalue weighted by Crippen LogP contribution is 2.19. The van der Waals surface area contributed by atoms with Crippen LogP contribution < -0.4 is 10.1 Å². The first-order chi connectivity index (χ1) is 16.8. The number of nitrogens with one attached hydrogen (secondary N) is 1. The van der Waals surface area contributed by atoms with E-state index in [1.807, 2.05) is 13.8 Å². The highest BCUT2D eigenvalue weighted by Gasteiger charge is 2.29. The largest absolute Gasteiger partial charge is 0.497 e. The average Bonchev–Trinajstić information content (AvgIpc) is 3.31. The molecule has 0 spiro atoms. The van der Waals surface area contributed by atoms with Crippen LogP contribution in [0.2, 0.25) is 0 Å². The topological polar surface area (TPSA) is 122 Å². The van der Waals surface area contributed by atoms with Crippen LogP contribution in [0.5, 0.6) is 5.75 Å². The van der Waals surface area contributed by atoms with Crippen LogP contribution in [0.15, 0.2) is 30.5 Å². The van der Waals surface area contributed by atoms with Gasteiger partial charge in [-0.3, -0.25) is 4.79 Å². The summed E-state index contributed by atoms with van der Waals surface area (Å²) in [6, 6.07) is 6.51. The number of hydrogen-bond acceptors (Lipinski definition) is 7. The highest BCUT2D eigenvalue weighted by molar-refractivity contribution is 5.89. The zero-order valence-electron chi connectivity index (χ0n) is 20.9. The van der Waals surface area contributed by atoms with E-state index in [0.29, 0.717) is 50.5 Å². The van der Waals surface area contributed by atoms with Crippen LogP contribution in [0.3, 0.4) is 0 Å². The predicted molar refractivity (Wildman–Crippen MR) is 130 cm³/mol. The second kappa shape index (κ2) is 12.5. The molecule has 2 heterocycles. The van der Waals surface area contributed by atoms with Gasteiger partial charge < -0.3 is 29.7 Å². The van der Waals surface area contributed by atoms with E-state index in [9.17, 15) is 14.7 Å². The Hall–Kier alpha value is -3.18. The molecular formula is C24H36N6O5. The molecule has 11 nitrogen and oxygen atoms in total. The molecule has 2 N–H and O–H groups in total. The summed E-state index contributed by atoms with van der Waals surface area (Å²) < 4.78 is 13.2. The first kappa shape index (κ1) is 26.4. The van der Waals surface area contributed by atoms with E-state index in [-0.39, 0.29) is 36.6 Å². The molecule has 0 saturated carbocycles. The lowest BCUT2D eigenvalue weighted by molar-refractivity contribution is -0.136. The van der Waals surface area contributed by atoms with Crippen LogP contribution >= 0.6 is 0 Å². The van der Waals surface area contributed by atoms with Gasteiger partial charge in [-0.05, 0) is 37.6 Å². The second-order valence-corrected chi connectivity index (χ2v) is 9.00. The van der Waals surface area contributed by atoms with E-state index in [1.165, 1.54) is 0 Å². The number of rotatable bonds is 6. The van der Waals surface area contributed by atoms with Crippen LogP contribution in [-0.2, 0) is 22.7 Å². The van der Waals surface area contributed by atoms with Crippen molar-refractivity contribution in [2.75, 3.05) is 39.2 Å². The van der Waals surface area contributed by atoms with Crippen LogP contribution in [-0.4, -0.2) is 87.8 Å². The first-order valence-electron chi connectivity index (χ1n) is 11.9. The van der Waals surface area contributed by atoms with E-state index >= 15 is 0 Å². The molecule has 0 aliphatic carbocycles. The third-order valence-electron chi connectivity index (χ3n) is 6.28. The second-order valence-electron chi connectivity index (χ2n) is 9.00. The summed E-state index contributed by atoms with van der Waals surface area (Å²) in [6.07, 6.45) is 2.27. The Kier molecular flexibility index (Phi) is 9.44. The molecule has 11 heteroatoms. The van der Waals surface area contributed by atoms with E-state index in [0.717, 1.165) is 5.69 Å². The SMILES string of the molecule is COc1ccc(NC(=O)N(C)C[C@@H]2OCc3cnnn3CCCC(=O)N([C@@H](C)CO)C[C@@H]2C)cc1. The van der Waals surface area contributed by atoms with Crippen molar-refractivity contribution in [3.8, 4) is 5.75 Å². The molecule has 0 bridgehead atoms. The van der Waals surface area contributed by atoms with E-state index in [2.05, 4.69) is 15.6 Å². The Bertz CT molecular complexity index is 966.